The highest BCUT2D eigenvalue weighted by Crippen LogP contribution is 2.28. The number of nitrogens with two attached hydrogens (primary N) is 1. The largest absolute Gasteiger partial charge is 0.399 e. The number of carbonyl (C=O) groups excluding carboxylic acids is 1. The van der Waals surface area contributed by atoms with Gasteiger partial charge in [0.15, 0.2) is 0 Å². The van der Waals surface area contributed by atoms with Crippen LogP contribution in [0.3, 0.4) is 0 Å². The number of nitrogen functional groups attached to an aromatic ring is 1. The minimum atomic E-state index is 0.0922. The van der Waals surface area contributed by atoms with Gasteiger partial charge in [-0.3, -0.25) is 4.79 Å². The number of carbonyl (C=O) groups is 1. The lowest BCUT2D eigenvalue weighted by atomic mass is 10.1. The summed E-state index contributed by atoms with van der Waals surface area (Å²) in [6, 6.07) is 7.68. The maximum Gasteiger partial charge on any atom is 0.220 e. The van der Waals surface area contributed by atoms with E-state index in [1.807, 2.05) is 24.3 Å². The number of nitrogens with one attached hydrogen (secondary N) is 1. The van der Waals surface area contributed by atoms with Crippen molar-refractivity contribution in [2.24, 2.45) is 5.92 Å². The van der Waals surface area contributed by atoms with Crippen molar-refractivity contribution < 1.29 is 9.53 Å². The molecule has 4 heteroatoms. The normalized spacial score (nSPS) is 14.2. The van der Waals surface area contributed by atoms with Gasteiger partial charge in [0, 0.05) is 31.9 Å². The number of hydrogen-bond donors (Lipinski definition) is 2. The third kappa shape index (κ3) is 6.06. The van der Waals surface area contributed by atoms with Gasteiger partial charge < -0.3 is 15.8 Å². The molecule has 0 radical (unpaired) electrons. The molecule has 110 valence electrons. The summed E-state index contributed by atoms with van der Waals surface area (Å²) < 4.78 is 5.52. The highest BCUT2D eigenvalue weighted by Gasteiger charge is 2.20. The molecule has 0 spiro atoms. The van der Waals surface area contributed by atoms with Crippen LogP contribution in [-0.2, 0) is 16.0 Å². The van der Waals surface area contributed by atoms with Gasteiger partial charge in [0.1, 0.15) is 0 Å². The van der Waals surface area contributed by atoms with E-state index in [0.717, 1.165) is 43.2 Å². The Labute approximate surface area is 120 Å². The summed E-state index contributed by atoms with van der Waals surface area (Å²) in [6.45, 7) is 2.33. The monoisotopic (exact) mass is 276 g/mol. The summed E-state index contributed by atoms with van der Waals surface area (Å²) in [4.78, 5) is 11.7. The summed E-state index contributed by atoms with van der Waals surface area (Å²) in [5, 5.41) is 2.92. The standard InChI is InChI=1S/C16H24N2O2/c17-15-4-1-3-13(11-15)7-8-16(19)18-9-2-10-20-12-14-5-6-14/h1,3-4,11,14H,2,5-10,12,17H2,(H,18,19). The first-order chi connectivity index (χ1) is 9.74. The van der Waals surface area contributed by atoms with Crippen LogP contribution in [0.4, 0.5) is 5.69 Å². The smallest absolute Gasteiger partial charge is 0.220 e. The molecule has 0 saturated heterocycles. The Morgan fingerprint density at radius 3 is 3.00 bits per heavy atom. The van der Waals surface area contributed by atoms with Gasteiger partial charge in [-0.05, 0) is 49.3 Å². The van der Waals surface area contributed by atoms with E-state index >= 15 is 0 Å². The molecule has 1 saturated carbocycles. The van der Waals surface area contributed by atoms with Crippen molar-refractivity contribution in [2.75, 3.05) is 25.5 Å². The molecule has 1 aromatic rings. The molecule has 20 heavy (non-hydrogen) atoms. The van der Waals surface area contributed by atoms with Crippen LogP contribution in [0.25, 0.3) is 0 Å². The molecule has 0 bridgehead atoms. The zero-order valence-corrected chi connectivity index (χ0v) is 11.9. The molecule has 1 aliphatic carbocycles. The summed E-state index contributed by atoms with van der Waals surface area (Å²) in [5.41, 5.74) is 7.55. The molecular weight excluding hydrogens is 252 g/mol. The van der Waals surface area contributed by atoms with Crippen molar-refractivity contribution in [2.45, 2.75) is 32.1 Å². The Bertz CT molecular complexity index is 430. The molecule has 0 aromatic heterocycles. The van der Waals surface area contributed by atoms with Crippen molar-refractivity contribution in [1.29, 1.82) is 0 Å². The fourth-order valence-corrected chi connectivity index (χ4v) is 2.03. The lowest BCUT2D eigenvalue weighted by Gasteiger charge is -2.06. The average Bonchev–Trinajstić information content (AvgIpc) is 3.24. The third-order valence-corrected chi connectivity index (χ3v) is 3.43. The second-order valence-corrected chi connectivity index (χ2v) is 5.47. The maximum atomic E-state index is 11.7. The Balaban J connectivity index is 1.49. The van der Waals surface area contributed by atoms with E-state index in [9.17, 15) is 4.79 Å². The van der Waals surface area contributed by atoms with Gasteiger partial charge >= 0.3 is 0 Å². The second-order valence-electron chi connectivity index (χ2n) is 5.47. The number of ether oxygens (including phenoxy) is 1. The lowest BCUT2D eigenvalue weighted by Crippen LogP contribution is -2.25. The van der Waals surface area contributed by atoms with Crippen LogP contribution in [-0.4, -0.2) is 25.7 Å². The molecule has 0 unspecified atom stereocenters. The topological polar surface area (TPSA) is 64.4 Å². The fraction of sp³-hybridized carbons (Fsp3) is 0.562. The van der Waals surface area contributed by atoms with Gasteiger partial charge in [-0.15, -0.1) is 0 Å². The molecule has 4 nitrogen and oxygen atoms in total. The molecule has 1 amide bonds. The number of amides is 1. The van der Waals surface area contributed by atoms with Crippen LogP contribution in [0.15, 0.2) is 24.3 Å². The predicted octanol–water partition coefficient (Wildman–Crippen LogP) is 2.13. The first-order valence-electron chi connectivity index (χ1n) is 7.43. The van der Waals surface area contributed by atoms with Crippen LogP contribution in [0.5, 0.6) is 0 Å². The molecule has 3 N–H and O–H groups in total. The number of anilines is 1. The van der Waals surface area contributed by atoms with Gasteiger partial charge in [-0.2, -0.15) is 0 Å². The van der Waals surface area contributed by atoms with E-state index in [1.165, 1.54) is 12.8 Å². The number of benzene rings is 1. The minimum absolute atomic E-state index is 0.0922. The zero-order valence-electron chi connectivity index (χ0n) is 11.9. The number of hydrogen-bond acceptors (Lipinski definition) is 3. The van der Waals surface area contributed by atoms with Gasteiger partial charge in [-0.25, -0.2) is 0 Å². The first-order valence-corrected chi connectivity index (χ1v) is 7.43. The summed E-state index contributed by atoms with van der Waals surface area (Å²) >= 11 is 0. The first kappa shape index (κ1) is 14.9. The SMILES string of the molecule is Nc1cccc(CCC(=O)NCCCOCC2CC2)c1. The summed E-state index contributed by atoms with van der Waals surface area (Å²) in [6.07, 6.45) is 4.76. The lowest BCUT2D eigenvalue weighted by molar-refractivity contribution is -0.121. The highest BCUT2D eigenvalue weighted by atomic mass is 16.5. The Morgan fingerprint density at radius 2 is 2.25 bits per heavy atom. The third-order valence-electron chi connectivity index (χ3n) is 3.43. The summed E-state index contributed by atoms with van der Waals surface area (Å²) in [7, 11) is 0. The van der Waals surface area contributed by atoms with Crippen molar-refractivity contribution in [3.63, 3.8) is 0 Å². The molecule has 2 rings (SSSR count). The van der Waals surface area contributed by atoms with Gasteiger partial charge in [0.2, 0.25) is 5.91 Å². The van der Waals surface area contributed by atoms with E-state index in [4.69, 9.17) is 10.5 Å². The number of aryl methyl sites for hydroxylation is 1. The van der Waals surface area contributed by atoms with E-state index in [2.05, 4.69) is 5.32 Å². The highest BCUT2D eigenvalue weighted by molar-refractivity contribution is 5.76. The number of rotatable bonds is 9. The van der Waals surface area contributed by atoms with E-state index < -0.39 is 0 Å². The molecule has 1 aromatic carbocycles. The van der Waals surface area contributed by atoms with Gasteiger partial charge in [0.05, 0.1) is 0 Å². The average molecular weight is 276 g/mol. The molecule has 0 aliphatic heterocycles. The van der Waals surface area contributed by atoms with Crippen molar-refractivity contribution in [3.05, 3.63) is 29.8 Å². The minimum Gasteiger partial charge on any atom is -0.399 e. The van der Waals surface area contributed by atoms with Gasteiger partial charge in [-0.1, -0.05) is 12.1 Å². The van der Waals surface area contributed by atoms with Crippen LogP contribution in [0, 0.1) is 5.92 Å². The Hall–Kier alpha value is -1.55. The molecule has 0 heterocycles. The Kier molecular flexibility index (Phi) is 5.87. The van der Waals surface area contributed by atoms with E-state index in [1.54, 1.807) is 0 Å². The quantitative estimate of drug-likeness (QED) is 0.536. The molecule has 0 atom stereocenters. The van der Waals surface area contributed by atoms with E-state index in [-0.39, 0.29) is 5.91 Å². The molecule has 1 fully saturated rings. The van der Waals surface area contributed by atoms with Crippen LogP contribution in [0.2, 0.25) is 0 Å². The Morgan fingerprint density at radius 1 is 1.40 bits per heavy atom. The molecular formula is C16H24N2O2. The summed E-state index contributed by atoms with van der Waals surface area (Å²) in [5.74, 6) is 0.900. The molecule has 1 aliphatic rings. The predicted molar refractivity (Wildman–Crippen MR) is 80.3 cm³/mol. The van der Waals surface area contributed by atoms with Crippen LogP contribution in [0.1, 0.15) is 31.2 Å². The van der Waals surface area contributed by atoms with E-state index in [0.29, 0.717) is 13.0 Å². The fourth-order valence-electron chi connectivity index (χ4n) is 2.03. The van der Waals surface area contributed by atoms with Gasteiger partial charge in [0.25, 0.3) is 0 Å². The zero-order chi connectivity index (χ0) is 14.2. The van der Waals surface area contributed by atoms with Crippen molar-refractivity contribution in [3.8, 4) is 0 Å². The maximum absolute atomic E-state index is 11.7. The van der Waals surface area contributed by atoms with Crippen molar-refractivity contribution >= 4 is 11.6 Å². The van der Waals surface area contributed by atoms with Crippen LogP contribution >= 0.6 is 0 Å². The van der Waals surface area contributed by atoms with Crippen molar-refractivity contribution in [1.82, 2.24) is 5.32 Å². The van der Waals surface area contributed by atoms with Crippen LogP contribution < -0.4 is 11.1 Å². The second kappa shape index (κ2) is 7.90.